The van der Waals surface area contributed by atoms with Crippen molar-refractivity contribution >= 4 is 17.7 Å². The van der Waals surface area contributed by atoms with Crippen LogP contribution in [0.4, 0.5) is 0 Å². The van der Waals surface area contributed by atoms with Crippen molar-refractivity contribution in [1.29, 1.82) is 0 Å². The van der Waals surface area contributed by atoms with Crippen LogP contribution in [0.15, 0.2) is 12.2 Å². The number of hydrogen-bond acceptors (Lipinski definition) is 3. The van der Waals surface area contributed by atoms with Gasteiger partial charge in [-0.1, -0.05) is 20.4 Å². The maximum Gasteiger partial charge on any atom is 0.333 e. The van der Waals surface area contributed by atoms with Gasteiger partial charge in [0, 0.05) is 11.3 Å². The van der Waals surface area contributed by atoms with Crippen LogP contribution in [0.25, 0.3) is 0 Å². The first kappa shape index (κ1) is 12.6. The molecule has 1 atom stereocenters. The molecule has 13 heavy (non-hydrogen) atoms. The zero-order chi connectivity index (χ0) is 10.4. The number of carbonyl (C=O) groups excluding carboxylic acids is 1. The number of ether oxygens (including phenoxy) is 1. The van der Waals surface area contributed by atoms with E-state index < -0.39 is 0 Å². The van der Waals surface area contributed by atoms with Gasteiger partial charge in [-0.2, -0.15) is 11.8 Å². The molecule has 0 fully saturated rings. The van der Waals surface area contributed by atoms with E-state index in [9.17, 15) is 4.79 Å². The van der Waals surface area contributed by atoms with Crippen molar-refractivity contribution in [2.24, 2.45) is 0 Å². The molecule has 0 aromatic heterocycles. The minimum Gasteiger partial charge on any atom is -0.458 e. The van der Waals surface area contributed by atoms with Crippen LogP contribution < -0.4 is 0 Å². The van der Waals surface area contributed by atoms with Gasteiger partial charge in [-0.25, -0.2) is 4.79 Å². The third kappa shape index (κ3) is 6.70. The molecule has 3 heteroatoms. The first-order chi connectivity index (χ1) is 5.93. The number of rotatable bonds is 5. The third-order valence-corrected chi connectivity index (χ3v) is 2.65. The minimum absolute atomic E-state index is 0.0309. The lowest BCUT2D eigenvalue weighted by Crippen LogP contribution is -2.18. The number of hydrogen-bond donors (Lipinski definition) is 0. The summed E-state index contributed by atoms with van der Waals surface area (Å²) in [4.78, 5) is 11.1. The van der Waals surface area contributed by atoms with Gasteiger partial charge >= 0.3 is 5.97 Å². The van der Waals surface area contributed by atoms with Gasteiger partial charge in [0.15, 0.2) is 0 Å². The van der Waals surface area contributed by atoms with Crippen LogP contribution in [0.1, 0.15) is 27.7 Å². The molecular formula is C10H18O2S. The van der Waals surface area contributed by atoms with E-state index in [0.29, 0.717) is 10.8 Å². The fourth-order valence-electron chi connectivity index (χ4n) is 0.645. The third-order valence-electron chi connectivity index (χ3n) is 1.32. The van der Waals surface area contributed by atoms with Gasteiger partial charge in [-0.15, -0.1) is 0 Å². The van der Waals surface area contributed by atoms with Crippen LogP contribution >= 0.6 is 11.8 Å². The summed E-state index contributed by atoms with van der Waals surface area (Å²) in [5.41, 5.74) is 0.460. The Bertz CT molecular complexity index is 187. The van der Waals surface area contributed by atoms with E-state index in [4.69, 9.17) is 4.74 Å². The summed E-state index contributed by atoms with van der Waals surface area (Å²) in [5.74, 6) is 0.549. The van der Waals surface area contributed by atoms with E-state index in [1.165, 1.54) is 0 Å². The summed E-state index contributed by atoms with van der Waals surface area (Å²) in [6.45, 7) is 11.3. The lowest BCUT2D eigenvalue weighted by Gasteiger charge is -2.13. The van der Waals surface area contributed by atoms with Gasteiger partial charge in [0.25, 0.3) is 0 Å². The van der Waals surface area contributed by atoms with Crippen LogP contribution in [0, 0.1) is 0 Å². The molecule has 0 aliphatic rings. The Hall–Kier alpha value is -0.440. The van der Waals surface area contributed by atoms with E-state index in [0.717, 1.165) is 5.75 Å². The monoisotopic (exact) mass is 202 g/mol. The molecule has 0 aromatic rings. The molecule has 1 unspecified atom stereocenters. The van der Waals surface area contributed by atoms with Gasteiger partial charge in [0.1, 0.15) is 6.10 Å². The number of carbonyl (C=O) groups is 1. The van der Waals surface area contributed by atoms with E-state index in [2.05, 4.69) is 20.4 Å². The number of thioether (sulfide) groups is 1. The standard InChI is InChI=1S/C10H18O2S/c1-7(2)10(11)12-9(5)6-13-8(3)4/h8-9H,1,6H2,2-5H3. The Morgan fingerprint density at radius 1 is 1.46 bits per heavy atom. The summed E-state index contributed by atoms with van der Waals surface area (Å²) in [6, 6.07) is 0. The predicted molar refractivity (Wildman–Crippen MR) is 58.0 cm³/mol. The SMILES string of the molecule is C=C(C)C(=O)OC(C)CSC(C)C. The molecule has 0 rings (SSSR count). The fraction of sp³-hybridized carbons (Fsp3) is 0.700. The smallest absolute Gasteiger partial charge is 0.333 e. The highest BCUT2D eigenvalue weighted by Crippen LogP contribution is 2.12. The molecule has 0 N–H and O–H groups in total. The Labute approximate surface area is 84.7 Å². The first-order valence-corrected chi connectivity index (χ1v) is 5.46. The topological polar surface area (TPSA) is 26.3 Å². The van der Waals surface area contributed by atoms with Crippen molar-refractivity contribution in [1.82, 2.24) is 0 Å². The molecule has 0 heterocycles. The normalized spacial score (nSPS) is 12.7. The second-order valence-corrected chi connectivity index (χ2v) is 4.99. The molecule has 0 aliphatic heterocycles. The predicted octanol–water partition coefficient (Wildman–Crippen LogP) is 2.64. The van der Waals surface area contributed by atoms with Crippen LogP contribution in [-0.2, 0) is 9.53 Å². The van der Waals surface area contributed by atoms with Crippen LogP contribution in [0.2, 0.25) is 0 Å². The highest BCUT2D eigenvalue weighted by atomic mass is 32.2. The zero-order valence-corrected chi connectivity index (χ0v) is 9.61. The van der Waals surface area contributed by atoms with Gasteiger partial charge < -0.3 is 4.74 Å². The zero-order valence-electron chi connectivity index (χ0n) is 8.79. The summed E-state index contributed by atoms with van der Waals surface area (Å²) >= 11 is 1.79. The summed E-state index contributed by atoms with van der Waals surface area (Å²) < 4.78 is 5.10. The second kappa shape index (κ2) is 6.08. The van der Waals surface area contributed by atoms with Gasteiger partial charge in [-0.3, -0.25) is 0 Å². The minimum atomic E-state index is -0.295. The van der Waals surface area contributed by atoms with Crippen molar-refractivity contribution in [3.63, 3.8) is 0 Å². The molecule has 0 spiro atoms. The molecule has 0 saturated carbocycles. The molecule has 0 aromatic carbocycles. The van der Waals surface area contributed by atoms with Crippen LogP contribution in [0.3, 0.4) is 0 Å². The second-order valence-electron chi connectivity index (χ2n) is 3.38. The van der Waals surface area contributed by atoms with Gasteiger partial charge in [-0.05, 0) is 19.1 Å². The molecule has 76 valence electrons. The maximum absolute atomic E-state index is 11.1. The molecule has 0 aliphatic carbocycles. The summed E-state index contributed by atoms with van der Waals surface area (Å²) in [7, 11) is 0. The molecule has 0 saturated heterocycles. The Balaban J connectivity index is 3.68. The molecule has 2 nitrogen and oxygen atoms in total. The van der Waals surface area contributed by atoms with E-state index in [-0.39, 0.29) is 12.1 Å². The maximum atomic E-state index is 11.1. The molecule has 0 bridgehead atoms. The highest BCUT2D eigenvalue weighted by Gasteiger charge is 2.10. The lowest BCUT2D eigenvalue weighted by molar-refractivity contribution is -0.142. The van der Waals surface area contributed by atoms with E-state index in [1.54, 1.807) is 18.7 Å². The van der Waals surface area contributed by atoms with Crippen LogP contribution in [0.5, 0.6) is 0 Å². The van der Waals surface area contributed by atoms with E-state index in [1.807, 2.05) is 6.92 Å². The van der Waals surface area contributed by atoms with Gasteiger partial charge in [0.2, 0.25) is 0 Å². The Kier molecular flexibility index (Phi) is 5.88. The lowest BCUT2D eigenvalue weighted by atomic mass is 10.3. The van der Waals surface area contributed by atoms with Gasteiger partial charge in [0.05, 0.1) is 0 Å². The Morgan fingerprint density at radius 3 is 2.38 bits per heavy atom. The van der Waals surface area contributed by atoms with Crippen molar-refractivity contribution in [2.75, 3.05) is 5.75 Å². The van der Waals surface area contributed by atoms with Crippen molar-refractivity contribution in [3.8, 4) is 0 Å². The molecular weight excluding hydrogens is 184 g/mol. The highest BCUT2D eigenvalue weighted by molar-refractivity contribution is 7.99. The van der Waals surface area contributed by atoms with Crippen molar-refractivity contribution < 1.29 is 9.53 Å². The Morgan fingerprint density at radius 2 is 2.00 bits per heavy atom. The average molecular weight is 202 g/mol. The summed E-state index contributed by atoms with van der Waals surface area (Å²) in [5, 5.41) is 0.575. The van der Waals surface area contributed by atoms with Crippen molar-refractivity contribution in [3.05, 3.63) is 12.2 Å². The quantitative estimate of drug-likeness (QED) is 0.506. The first-order valence-electron chi connectivity index (χ1n) is 4.41. The fourth-order valence-corrected chi connectivity index (χ4v) is 1.37. The van der Waals surface area contributed by atoms with Crippen molar-refractivity contribution in [2.45, 2.75) is 39.0 Å². The summed E-state index contributed by atoms with van der Waals surface area (Å²) in [6.07, 6.45) is -0.0309. The molecule has 0 amide bonds. The molecule has 0 radical (unpaired) electrons. The largest absolute Gasteiger partial charge is 0.458 e. The average Bonchev–Trinajstić information content (AvgIpc) is 2.00. The van der Waals surface area contributed by atoms with Crippen LogP contribution in [-0.4, -0.2) is 23.1 Å². The van der Waals surface area contributed by atoms with E-state index >= 15 is 0 Å². The number of esters is 1.